The molecule has 1 heterocycles. The Kier molecular flexibility index (Phi) is 5.35. The van der Waals surface area contributed by atoms with E-state index >= 15 is 0 Å². The SMILES string of the molecule is NS(=O)(=O)c1ccccc1-c1nc(COc2cccc(F)c2)oc1-c1ccccc1. The van der Waals surface area contributed by atoms with Gasteiger partial charge in [0.2, 0.25) is 15.9 Å². The van der Waals surface area contributed by atoms with Crippen LogP contribution in [0.15, 0.2) is 88.2 Å². The number of rotatable bonds is 6. The van der Waals surface area contributed by atoms with Gasteiger partial charge in [-0.2, -0.15) is 0 Å². The van der Waals surface area contributed by atoms with Gasteiger partial charge in [-0.1, -0.05) is 54.6 Å². The van der Waals surface area contributed by atoms with E-state index in [1.54, 1.807) is 24.3 Å². The molecule has 0 bridgehead atoms. The van der Waals surface area contributed by atoms with Crippen molar-refractivity contribution >= 4 is 10.0 Å². The van der Waals surface area contributed by atoms with Crippen molar-refractivity contribution in [2.24, 2.45) is 5.14 Å². The summed E-state index contributed by atoms with van der Waals surface area (Å²) in [6, 6.07) is 21.2. The summed E-state index contributed by atoms with van der Waals surface area (Å²) in [5, 5.41) is 5.39. The molecule has 0 aliphatic rings. The summed E-state index contributed by atoms with van der Waals surface area (Å²) in [6.45, 7) is -0.0686. The molecule has 0 aliphatic heterocycles. The fourth-order valence-electron chi connectivity index (χ4n) is 3.01. The summed E-state index contributed by atoms with van der Waals surface area (Å²) >= 11 is 0. The van der Waals surface area contributed by atoms with E-state index in [2.05, 4.69) is 4.98 Å². The second-order valence-electron chi connectivity index (χ2n) is 6.44. The van der Waals surface area contributed by atoms with Crippen LogP contribution >= 0.6 is 0 Å². The van der Waals surface area contributed by atoms with Gasteiger partial charge < -0.3 is 9.15 Å². The number of oxazole rings is 1. The average molecular weight is 424 g/mol. The fourth-order valence-corrected chi connectivity index (χ4v) is 3.75. The number of hydrogen-bond donors (Lipinski definition) is 1. The van der Waals surface area contributed by atoms with Gasteiger partial charge in [0, 0.05) is 17.2 Å². The third-order valence-corrected chi connectivity index (χ3v) is 5.28. The Labute approximate surface area is 172 Å². The summed E-state index contributed by atoms with van der Waals surface area (Å²) in [6.07, 6.45) is 0. The number of hydrogen-bond acceptors (Lipinski definition) is 5. The zero-order chi connectivity index (χ0) is 21.1. The lowest BCUT2D eigenvalue weighted by molar-refractivity contribution is 0.263. The first-order chi connectivity index (χ1) is 14.4. The van der Waals surface area contributed by atoms with Crippen molar-refractivity contribution < 1.29 is 22.0 Å². The molecular weight excluding hydrogens is 407 g/mol. The van der Waals surface area contributed by atoms with Crippen molar-refractivity contribution in [3.63, 3.8) is 0 Å². The van der Waals surface area contributed by atoms with E-state index < -0.39 is 15.8 Å². The second kappa shape index (κ2) is 8.10. The van der Waals surface area contributed by atoms with Crippen LogP contribution in [0.3, 0.4) is 0 Å². The third kappa shape index (κ3) is 4.24. The largest absolute Gasteiger partial charge is 0.484 e. The molecule has 0 spiro atoms. The molecule has 0 saturated carbocycles. The van der Waals surface area contributed by atoms with Gasteiger partial charge >= 0.3 is 0 Å². The first kappa shape index (κ1) is 19.8. The predicted molar refractivity (Wildman–Crippen MR) is 109 cm³/mol. The number of benzene rings is 3. The van der Waals surface area contributed by atoms with Gasteiger partial charge in [-0.15, -0.1) is 0 Å². The van der Waals surface area contributed by atoms with Crippen LogP contribution in [-0.2, 0) is 16.6 Å². The Morgan fingerprint density at radius 2 is 1.70 bits per heavy atom. The van der Waals surface area contributed by atoms with E-state index in [0.717, 1.165) is 0 Å². The highest BCUT2D eigenvalue weighted by atomic mass is 32.2. The molecule has 8 heteroatoms. The summed E-state index contributed by atoms with van der Waals surface area (Å²) < 4.78 is 49.0. The van der Waals surface area contributed by atoms with Crippen LogP contribution in [0.1, 0.15) is 5.89 Å². The highest BCUT2D eigenvalue weighted by Crippen LogP contribution is 2.35. The van der Waals surface area contributed by atoms with E-state index in [1.165, 1.54) is 24.3 Å². The molecule has 0 aliphatic carbocycles. The normalized spacial score (nSPS) is 11.4. The molecule has 0 saturated heterocycles. The lowest BCUT2D eigenvalue weighted by Crippen LogP contribution is -2.13. The predicted octanol–water partition coefficient (Wildman–Crippen LogP) is 4.37. The van der Waals surface area contributed by atoms with Crippen molar-refractivity contribution in [3.8, 4) is 28.3 Å². The number of halogens is 1. The number of sulfonamides is 1. The maximum atomic E-state index is 13.4. The lowest BCUT2D eigenvalue weighted by atomic mass is 10.1. The number of nitrogens with zero attached hydrogens (tertiary/aromatic N) is 1. The van der Waals surface area contributed by atoms with E-state index in [4.69, 9.17) is 14.3 Å². The molecule has 4 rings (SSSR count). The first-order valence-electron chi connectivity index (χ1n) is 8.97. The quantitative estimate of drug-likeness (QED) is 0.496. The highest BCUT2D eigenvalue weighted by molar-refractivity contribution is 7.89. The van der Waals surface area contributed by atoms with Crippen molar-refractivity contribution in [2.45, 2.75) is 11.5 Å². The molecular formula is C22H17FN2O4S. The van der Waals surface area contributed by atoms with Crippen LogP contribution in [0, 0.1) is 5.82 Å². The topological polar surface area (TPSA) is 95.4 Å². The van der Waals surface area contributed by atoms with Crippen LogP contribution in [0.25, 0.3) is 22.6 Å². The Morgan fingerprint density at radius 3 is 2.43 bits per heavy atom. The van der Waals surface area contributed by atoms with Crippen molar-refractivity contribution in [3.05, 3.63) is 90.6 Å². The minimum atomic E-state index is -3.99. The molecule has 1 aromatic heterocycles. The summed E-state index contributed by atoms with van der Waals surface area (Å²) in [5.41, 5.74) is 1.35. The maximum Gasteiger partial charge on any atom is 0.238 e. The Balaban J connectivity index is 1.78. The molecule has 0 unspecified atom stereocenters. The first-order valence-corrected chi connectivity index (χ1v) is 10.5. The molecule has 0 radical (unpaired) electrons. The van der Waals surface area contributed by atoms with Gasteiger partial charge in [-0.05, 0) is 18.2 Å². The zero-order valence-corrected chi connectivity index (χ0v) is 16.5. The van der Waals surface area contributed by atoms with Gasteiger partial charge in [0.1, 0.15) is 17.3 Å². The molecule has 2 N–H and O–H groups in total. The molecule has 3 aromatic carbocycles. The van der Waals surface area contributed by atoms with Crippen molar-refractivity contribution in [1.29, 1.82) is 0 Å². The molecule has 4 aromatic rings. The number of ether oxygens (including phenoxy) is 1. The zero-order valence-electron chi connectivity index (χ0n) is 15.7. The molecule has 6 nitrogen and oxygen atoms in total. The Bertz CT molecular complexity index is 1290. The molecule has 30 heavy (non-hydrogen) atoms. The van der Waals surface area contributed by atoms with Gasteiger partial charge in [-0.3, -0.25) is 0 Å². The van der Waals surface area contributed by atoms with E-state index in [0.29, 0.717) is 28.3 Å². The standard InChI is InChI=1S/C22H17FN2O4S/c23-16-9-6-10-17(13-16)28-14-20-25-21(22(29-20)15-7-2-1-3-8-15)18-11-4-5-12-19(18)30(24,26)27/h1-13H,14H2,(H2,24,26,27). The van der Waals surface area contributed by atoms with Crippen molar-refractivity contribution in [2.75, 3.05) is 0 Å². The van der Waals surface area contributed by atoms with Gasteiger partial charge in [0.05, 0.1) is 4.90 Å². The smallest absolute Gasteiger partial charge is 0.238 e. The molecule has 152 valence electrons. The second-order valence-corrected chi connectivity index (χ2v) is 7.97. The average Bonchev–Trinajstić information content (AvgIpc) is 3.17. The van der Waals surface area contributed by atoms with E-state index in [9.17, 15) is 12.8 Å². The number of aromatic nitrogens is 1. The van der Waals surface area contributed by atoms with Crippen LogP contribution in [0.2, 0.25) is 0 Å². The minimum Gasteiger partial charge on any atom is -0.484 e. The molecule has 0 amide bonds. The molecule has 0 atom stereocenters. The lowest BCUT2D eigenvalue weighted by Gasteiger charge is -2.06. The Morgan fingerprint density at radius 1 is 0.967 bits per heavy atom. The number of primary sulfonamides is 1. The van der Waals surface area contributed by atoms with Gasteiger partial charge in [0.15, 0.2) is 12.4 Å². The highest BCUT2D eigenvalue weighted by Gasteiger charge is 2.23. The van der Waals surface area contributed by atoms with Crippen molar-refractivity contribution in [1.82, 2.24) is 4.98 Å². The maximum absolute atomic E-state index is 13.4. The monoisotopic (exact) mass is 424 g/mol. The third-order valence-electron chi connectivity index (χ3n) is 4.31. The summed E-state index contributed by atoms with van der Waals surface area (Å²) in [7, 11) is -3.99. The summed E-state index contributed by atoms with van der Waals surface area (Å²) in [4.78, 5) is 4.40. The Hall–Kier alpha value is -3.49. The van der Waals surface area contributed by atoms with Crippen LogP contribution in [0.5, 0.6) is 5.75 Å². The van der Waals surface area contributed by atoms with E-state index in [-0.39, 0.29) is 17.4 Å². The van der Waals surface area contributed by atoms with Gasteiger partial charge in [0.25, 0.3) is 0 Å². The van der Waals surface area contributed by atoms with Crippen LogP contribution < -0.4 is 9.88 Å². The fraction of sp³-hybridized carbons (Fsp3) is 0.0455. The molecule has 0 fully saturated rings. The minimum absolute atomic E-state index is 0.0620. The summed E-state index contributed by atoms with van der Waals surface area (Å²) in [5.74, 6) is 0.482. The number of nitrogens with two attached hydrogens (primary N) is 1. The van der Waals surface area contributed by atoms with E-state index in [1.807, 2.05) is 30.3 Å². The van der Waals surface area contributed by atoms with Gasteiger partial charge in [-0.25, -0.2) is 22.9 Å². The van der Waals surface area contributed by atoms with Crippen LogP contribution in [-0.4, -0.2) is 13.4 Å². The van der Waals surface area contributed by atoms with Crippen LogP contribution in [0.4, 0.5) is 4.39 Å².